The number of likely N-dealkylation sites (tertiary alicyclic amines) is 1. The second-order valence-corrected chi connectivity index (χ2v) is 9.98. The third kappa shape index (κ3) is 4.70. The van der Waals surface area contributed by atoms with Crippen LogP contribution in [-0.4, -0.2) is 73.0 Å². The number of fused-ring (bicyclic) bond motifs is 1. The largest absolute Gasteiger partial charge is 0.497 e. The van der Waals surface area contributed by atoms with Gasteiger partial charge in [0.05, 0.1) is 18.5 Å². The number of carbonyl (C=O) groups excluding carboxylic acids is 2. The normalized spacial score (nSPS) is 22.1. The summed E-state index contributed by atoms with van der Waals surface area (Å²) in [7, 11) is 1.67. The Hall–Kier alpha value is -2.83. The molecule has 2 aliphatic heterocycles. The van der Waals surface area contributed by atoms with Crippen LogP contribution in [0.3, 0.4) is 0 Å². The van der Waals surface area contributed by atoms with E-state index in [2.05, 4.69) is 22.0 Å². The van der Waals surface area contributed by atoms with Crippen LogP contribution in [0.1, 0.15) is 44.9 Å². The van der Waals surface area contributed by atoms with Crippen molar-refractivity contribution >= 4 is 28.4 Å². The van der Waals surface area contributed by atoms with Crippen LogP contribution in [0.4, 0.5) is 5.69 Å². The zero-order valence-corrected chi connectivity index (χ0v) is 20.2. The number of aromatic nitrogens is 1. The lowest BCUT2D eigenvalue weighted by atomic mass is 9.87. The Morgan fingerprint density at radius 2 is 1.59 bits per heavy atom. The first kappa shape index (κ1) is 22.9. The molecule has 2 saturated heterocycles. The first-order valence-corrected chi connectivity index (χ1v) is 12.9. The van der Waals surface area contributed by atoms with Crippen molar-refractivity contribution in [1.29, 1.82) is 0 Å². The average molecular weight is 465 g/mol. The summed E-state index contributed by atoms with van der Waals surface area (Å²) in [6.45, 7) is 4.44. The molecule has 0 N–H and O–H groups in total. The number of pyridine rings is 1. The molecule has 34 heavy (non-hydrogen) atoms. The van der Waals surface area contributed by atoms with Crippen molar-refractivity contribution in [1.82, 2.24) is 14.8 Å². The molecule has 1 atom stereocenters. The third-order valence-corrected chi connectivity index (χ3v) is 7.90. The molecule has 5 rings (SSSR count). The molecule has 1 aromatic heterocycles. The number of piperidine rings is 1. The summed E-state index contributed by atoms with van der Waals surface area (Å²) in [5.74, 6) is 1.45. The van der Waals surface area contributed by atoms with E-state index in [1.54, 1.807) is 7.11 Å². The van der Waals surface area contributed by atoms with E-state index in [9.17, 15) is 9.59 Å². The van der Waals surface area contributed by atoms with Crippen LogP contribution in [0.25, 0.3) is 10.9 Å². The summed E-state index contributed by atoms with van der Waals surface area (Å²) in [5.41, 5.74) is 2.07. The molecular weight excluding hydrogens is 428 g/mol. The van der Waals surface area contributed by atoms with E-state index in [0.717, 1.165) is 80.5 Å². The molecule has 7 nitrogen and oxygen atoms in total. The predicted octanol–water partition coefficient (Wildman–Crippen LogP) is 3.71. The molecule has 1 aliphatic carbocycles. The van der Waals surface area contributed by atoms with E-state index in [-0.39, 0.29) is 17.7 Å². The number of carbonyl (C=O) groups is 2. The predicted molar refractivity (Wildman–Crippen MR) is 133 cm³/mol. The number of piperazine rings is 1. The summed E-state index contributed by atoms with van der Waals surface area (Å²) >= 11 is 0. The molecule has 182 valence electrons. The van der Waals surface area contributed by atoms with Crippen molar-refractivity contribution < 1.29 is 14.3 Å². The van der Waals surface area contributed by atoms with Gasteiger partial charge < -0.3 is 19.4 Å². The third-order valence-electron chi connectivity index (χ3n) is 7.90. The molecule has 7 heteroatoms. The van der Waals surface area contributed by atoms with E-state index in [1.807, 2.05) is 28.1 Å². The highest BCUT2D eigenvalue weighted by atomic mass is 16.5. The quantitative estimate of drug-likeness (QED) is 0.690. The number of methoxy groups -OCH3 is 1. The SMILES string of the molecule is COc1ccc2c(N3CCN(C(=O)C4CCCN(C(=O)C5CCCCC5)C4)CC3)ccnc2c1. The zero-order chi connectivity index (χ0) is 23.5. The molecule has 2 amide bonds. The minimum Gasteiger partial charge on any atom is -0.497 e. The number of hydrogen-bond acceptors (Lipinski definition) is 5. The number of ether oxygens (including phenoxy) is 1. The van der Waals surface area contributed by atoms with Gasteiger partial charge in [-0.2, -0.15) is 0 Å². The standard InChI is InChI=1S/C27H36N4O3/c1-34-22-9-10-23-24(18-22)28-12-11-25(23)29-14-16-30(17-15-29)27(33)21-8-5-13-31(19-21)26(32)20-6-3-2-4-7-20/h9-12,18,20-21H,2-8,13-17,19H2,1H3. The molecule has 0 spiro atoms. The lowest BCUT2D eigenvalue weighted by Crippen LogP contribution is -2.53. The summed E-state index contributed by atoms with van der Waals surface area (Å²) in [4.78, 5) is 37.3. The molecule has 0 radical (unpaired) electrons. The number of rotatable bonds is 4. The maximum atomic E-state index is 13.4. The van der Waals surface area contributed by atoms with Gasteiger partial charge in [0.15, 0.2) is 0 Å². The van der Waals surface area contributed by atoms with Crippen molar-refractivity contribution in [3.8, 4) is 5.75 Å². The number of anilines is 1. The molecule has 3 aliphatic rings. The molecule has 3 fully saturated rings. The second-order valence-electron chi connectivity index (χ2n) is 9.98. The molecule has 2 aromatic rings. The number of hydrogen-bond donors (Lipinski definition) is 0. The minimum absolute atomic E-state index is 0.0536. The van der Waals surface area contributed by atoms with Crippen molar-refractivity contribution in [3.05, 3.63) is 30.5 Å². The van der Waals surface area contributed by atoms with Crippen LogP contribution in [0, 0.1) is 11.8 Å². The lowest BCUT2D eigenvalue weighted by Gasteiger charge is -2.40. The zero-order valence-electron chi connectivity index (χ0n) is 20.2. The van der Waals surface area contributed by atoms with Crippen LogP contribution in [-0.2, 0) is 9.59 Å². The summed E-state index contributed by atoms with van der Waals surface area (Å²) in [5, 5.41) is 1.10. The van der Waals surface area contributed by atoms with Gasteiger partial charge in [-0.05, 0) is 43.9 Å². The van der Waals surface area contributed by atoms with Gasteiger partial charge in [0.1, 0.15) is 5.75 Å². The van der Waals surface area contributed by atoms with Gasteiger partial charge >= 0.3 is 0 Å². The number of benzene rings is 1. The Kier molecular flexibility index (Phi) is 6.88. The van der Waals surface area contributed by atoms with Gasteiger partial charge in [-0.1, -0.05) is 19.3 Å². The Bertz CT molecular complexity index is 1030. The fraction of sp³-hybridized carbons (Fsp3) is 0.593. The van der Waals surface area contributed by atoms with Gasteiger partial charge in [-0.25, -0.2) is 0 Å². The highest BCUT2D eigenvalue weighted by Crippen LogP contribution is 2.30. The summed E-state index contributed by atoms with van der Waals surface area (Å²) in [6, 6.07) is 8.05. The van der Waals surface area contributed by atoms with E-state index in [0.29, 0.717) is 25.5 Å². The molecule has 3 heterocycles. The van der Waals surface area contributed by atoms with E-state index < -0.39 is 0 Å². The maximum absolute atomic E-state index is 13.4. The Morgan fingerprint density at radius 3 is 2.35 bits per heavy atom. The molecule has 0 bridgehead atoms. The lowest BCUT2D eigenvalue weighted by molar-refractivity contribution is -0.143. The van der Waals surface area contributed by atoms with E-state index >= 15 is 0 Å². The van der Waals surface area contributed by atoms with Gasteiger partial charge in [0.2, 0.25) is 11.8 Å². The fourth-order valence-electron chi connectivity index (χ4n) is 5.93. The van der Waals surface area contributed by atoms with Crippen molar-refractivity contribution in [2.24, 2.45) is 11.8 Å². The van der Waals surface area contributed by atoms with Crippen LogP contribution in [0.5, 0.6) is 5.75 Å². The van der Waals surface area contributed by atoms with Crippen LogP contribution < -0.4 is 9.64 Å². The summed E-state index contributed by atoms with van der Waals surface area (Å²) < 4.78 is 5.34. The Balaban J connectivity index is 1.20. The maximum Gasteiger partial charge on any atom is 0.227 e. The minimum atomic E-state index is -0.0536. The highest BCUT2D eigenvalue weighted by Gasteiger charge is 2.35. The molecular formula is C27H36N4O3. The molecule has 1 saturated carbocycles. The van der Waals surface area contributed by atoms with Gasteiger partial charge in [-0.15, -0.1) is 0 Å². The monoisotopic (exact) mass is 464 g/mol. The topological polar surface area (TPSA) is 66.0 Å². The van der Waals surface area contributed by atoms with E-state index in [4.69, 9.17) is 4.74 Å². The van der Waals surface area contributed by atoms with Gasteiger partial charge in [0, 0.05) is 68.5 Å². The van der Waals surface area contributed by atoms with Crippen LogP contribution >= 0.6 is 0 Å². The van der Waals surface area contributed by atoms with Crippen molar-refractivity contribution in [2.75, 3.05) is 51.3 Å². The highest BCUT2D eigenvalue weighted by molar-refractivity contribution is 5.92. The van der Waals surface area contributed by atoms with Gasteiger partial charge in [0.25, 0.3) is 0 Å². The second kappa shape index (κ2) is 10.2. The summed E-state index contributed by atoms with van der Waals surface area (Å²) in [6.07, 6.45) is 9.29. The van der Waals surface area contributed by atoms with E-state index in [1.165, 1.54) is 6.42 Å². The first-order chi connectivity index (χ1) is 16.6. The first-order valence-electron chi connectivity index (χ1n) is 12.9. The molecule has 1 aromatic carbocycles. The smallest absolute Gasteiger partial charge is 0.227 e. The Morgan fingerprint density at radius 1 is 0.853 bits per heavy atom. The Labute approximate surface area is 202 Å². The average Bonchev–Trinajstić information content (AvgIpc) is 2.92. The number of nitrogens with zero attached hydrogens (tertiary/aromatic N) is 4. The van der Waals surface area contributed by atoms with Crippen LogP contribution in [0.2, 0.25) is 0 Å². The van der Waals surface area contributed by atoms with Crippen molar-refractivity contribution in [3.63, 3.8) is 0 Å². The number of amides is 2. The van der Waals surface area contributed by atoms with Gasteiger partial charge in [-0.3, -0.25) is 14.6 Å². The van der Waals surface area contributed by atoms with Crippen molar-refractivity contribution in [2.45, 2.75) is 44.9 Å². The molecule has 1 unspecified atom stereocenters. The fourth-order valence-corrected chi connectivity index (χ4v) is 5.93. The van der Waals surface area contributed by atoms with Crippen LogP contribution in [0.15, 0.2) is 30.5 Å².